The molecule has 8 rings (SSSR count). The number of aldehydes is 1. The van der Waals surface area contributed by atoms with E-state index in [-0.39, 0.29) is 63.4 Å². The molecule has 0 aromatic heterocycles. The lowest BCUT2D eigenvalue weighted by molar-refractivity contribution is -0.184. The molecule has 0 saturated carbocycles. The van der Waals surface area contributed by atoms with Crippen LogP contribution in [0.2, 0.25) is 0 Å². The van der Waals surface area contributed by atoms with Gasteiger partial charge < -0.3 is 64.2 Å². The maximum Gasteiger partial charge on any atom is 0.347 e. The highest BCUT2D eigenvalue weighted by Crippen LogP contribution is 2.65. The number of carbonyl (C=O) groups excluding carboxylic acids is 4. The molecule has 1 saturated heterocycles. The van der Waals surface area contributed by atoms with Crippen LogP contribution >= 0.6 is 0 Å². The van der Waals surface area contributed by atoms with Crippen LogP contribution in [0.4, 0.5) is 0 Å². The number of aromatic hydroxyl groups is 3. The Morgan fingerprint density at radius 3 is 2.07 bits per heavy atom. The van der Waals surface area contributed by atoms with Crippen LogP contribution in [0.15, 0.2) is 70.9 Å². The van der Waals surface area contributed by atoms with E-state index in [0.29, 0.717) is 54.7 Å². The first-order valence-electron chi connectivity index (χ1n) is 25.6. The number of benzene rings is 3. The lowest BCUT2D eigenvalue weighted by Crippen LogP contribution is -2.66. The van der Waals surface area contributed by atoms with Gasteiger partial charge in [0.15, 0.2) is 34.9 Å². The summed E-state index contributed by atoms with van der Waals surface area (Å²) < 4.78 is 36.2. The monoisotopic (exact) mass is 1120 g/mol. The van der Waals surface area contributed by atoms with Crippen molar-refractivity contribution in [2.24, 2.45) is 5.92 Å². The molecular weight excluding hydrogens is 1060 g/mol. The zero-order chi connectivity index (χ0) is 60.0. The average Bonchev–Trinajstić information content (AvgIpc) is 2.19. The van der Waals surface area contributed by atoms with Gasteiger partial charge in [0.1, 0.15) is 57.6 Å². The molecule has 1 aliphatic carbocycles. The van der Waals surface area contributed by atoms with Gasteiger partial charge in [0.2, 0.25) is 5.60 Å². The van der Waals surface area contributed by atoms with E-state index in [4.69, 9.17) is 33.5 Å². The summed E-state index contributed by atoms with van der Waals surface area (Å²) in [6, 6.07) is 1.13. The van der Waals surface area contributed by atoms with Crippen molar-refractivity contribution in [1.82, 2.24) is 0 Å². The lowest BCUT2D eigenvalue weighted by atomic mass is 9.60. The van der Waals surface area contributed by atoms with Crippen molar-refractivity contribution in [2.75, 3.05) is 0 Å². The van der Waals surface area contributed by atoms with Crippen molar-refractivity contribution in [3.63, 3.8) is 0 Å². The first kappa shape index (κ1) is 59.7. The Morgan fingerprint density at radius 1 is 0.790 bits per heavy atom. The van der Waals surface area contributed by atoms with E-state index in [9.17, 15) is 69.0 Å². The number of carbonyl (C=O) groups is 8. The predicted molar refractivity (Wildman–Crippen MR) is 288 cm³/mol. The molecular formula is C60H62O21. The van der Waals surface area contributed by atoms with Crippen LogP contribution in [0.1, 0.15) is 157 Å². The fourth-order valence-corrected chi connectivity index (χ4v) is 11.0. The Bertz CT molecular complexity index is 3450. The molecule has 1 spiro atoms. The quantitative estimate of drug-likeness (QED) is 0.0245. The van der Waals surface area contributed by atoms with Crippen LogP contribution in [0.5, 0.6) is 46.0 Å². The first-order chi connectivity index (χ1) is 37.9. The van der Waals surface area contributed by atoms with Crippen molar-refractivity contribution in [3.8, 4) is 46.0 Å². The van der Waals surface area contributed by atoms with Crippen molar-refractivity contribution < 1.29 is 103 Å². The van der Waals surface area contributed by atoms with E-state index < -0.39 is 116 Å². The largest absolute Gasteiger partial charge is 0.507 e. The number of allylic oxidation sites excluding steroid dienone is 5. The third kappa shape index (κ3) is 10.7. The topological polar surface area (TPSA) is 334 Å². The van der Waals surface area contributed by atoms with Gasteiger partial charge in [-0.15, -0.1) is 0 Å². The number of esters is 2. The summed E-state index contributed by atoms with van der Waals surface area (Å²) in [7, 11) is 0. The first-order valence-corrected chi connectivity index (χ1v) is 25.6. The van der Waals surface area contributed by atoms with Crippen LogP contribution in [0.25, 0.3) is 6.08 Å². The Hall–Kier alpha value is -8.98. The third-order valence-corrected chi connectivity index (χ3v) is 14.9. The van der Waals surface area contributed by atoms with Crippen LogP contribution in [0, 0.1) is 19.8 Å². The summed E-state index contributed by atoms with van der Waals surface area (Å²) in [5.41, 5.74) is -4.47. The fourth-order valence-electron chi connectivity index (χ4n) is 11.0. The smallest absolute Gasteiger partial charge is 0.347 e. The van der Waals surface area contributed by atoms with Crippen LogP contribution in [0.3, 0.4) is 0 Å². The summed E-state index contributed by atoms with van der Waals surface area (Å²) in [6.45, 7) is 16.7. The van der Waals surface area contributed by atoms with Crippen LogP contribution in [-0.4, -0.2) is 106 Å². The summed E-state index contributed by atoms with van der Waals surface area (Å²) in [5.74, 6) is -11.4. The maximum atomic E-state index is 14.7. The van der Waals surface area contributed by atoms with E-state index in [0.717, 1.165) is 18.1 Å². The zero-order valence-electron chi connectivity index (χ0n) is 46.1. The number of ether oxygens (including phenoxy) is 6. The van der Waals surface area contributed by atoms with Crippen molar-refractivity contribution in [2.45, 2.75) is 137 Å². The second-order valence-electron chi connectivity index (χ2n) is 21.5. The van der Waals surface area contributed by atoms with E-state index >= 15 is 0 Å². The summed E-state index contributed by atoms with van der Waals surface area (Å²) >= 11 is 0. The number of rotatable bonds is 15. The van der Waals surface area contributed by atoms with Gasteiger partial charge in [-0.3, -0.25) is 9.59 Å². The molecule has 4 unspecified atom stereocenters. The molecule has 0 radical (unpaired) electrons. The zero-order valence-corrected chi connectivity index (χ0v) is 46.1. The van der Waals surface area contributed by atoms with Crippen molar-refractivity contribution in [1.29, 1.82) is 0 Å². The van der Waals surface area contributed by atoms with Crippen LogP contribution < -0.4 is 18.9 Å². The number of aryl methyl sites for hydroxylation is 1. The molecule has 4 heterocycles. The van der Waals surface area contributed by atoms with Crippen molar-refractivity contribution >= 4 is 54.0 Å². The molecule has 21 heteroatoms. The number of hydrogen-bond donors (Lipinski definition) is 7. The van der Waals surface area contributed by atoms with Gasteiger partial charge in [-0.2, -0.15) is 0 Å². The minimum atomic E-state index is -2.16. The molecule has 0 amide bonds. The Labute approximate surface area is 464 Å². The van der Waals surface area contributed by atoms with E-state index in [1.165, 1.54) is 32.4 Å². The van der Waals surface area contributed by atoms with E-state index in [1.54, 1.807) is 26.0 Å². The second-order valence-corrected chi connectivity index (χ2v) is 21.5. The summed E-state index contributed by atoms with van der Waals surface area (Å²) in [4.78, 5) is 98.7. The number of Topliss-reactive ketones (excluding diaryl/α,β-unsaturated/α-hetero) is 1. The standard InChI is InChI=1S/C38H46O9.C22H16O12/c1-21(2)11-10-18-36(8)19-17-24-29(39)28-30(40)26-12-9-13-27-35(6,7)47-37(34(43)44,20-16-23(5)33(41)42)38(26,27)46-32(28)25(31(24)45-36)15-14-22(3)4;1-8-5-12(24)10(6-23)19-15(8)22(31)34-20-11(7-32-14(27)4-3-13(25)26)17(28)16(21(29)30)9(2)18(20)33-19/h11-12,14,16-17,19,27,39H,9-10,13,15,18,20H2,1-8H3,(H,41,42)(H,43,44);3-6,24,28H,7H2,1-2H3,(H,25,26)(H,29,30). The van der Waals surface area contributed by atoms with Gasteiger partial charge in [0, 0.05) is 46.8 Å². The minimum Gasteiger partial charge on any atom is -0.507 e. The fraction of sp³-hybridized carbons (Fsp3) is 0.367. The lowest BCUT2D eigenvalue weighted by Gasteiger charge is -2.50. The van der Waals surface area contributed by atoms with Gasteiger partial charge in [0.05, 0.1) is 22.3 Å². The number of fused-ring (bicyclic) bond motifs is 4. The number of aliphatic carboxylic acids is 3. The molecule has 3 aromatic rings. The SMILES string of the molecule is CC(C)=CCCC1(C)C=Cc2c(O)c3c(c(CC=C(C)C)c2O1)OC12C(=CCCC1C(C)(C)OC2(CC=C(C)C(=O)O)C(=O)O)C3=O.Cc1cc(O)c(C=O)c2c1C(=O)Oc1c(COC(=O)C=CC(=O)O)c(O)c(C(=O)O)c(C)c1O2. The summed E-state index contributed by atoms with van der Waals surface area (Å²) in [5, 5.41) is 71.3. The highest BCUT2D eigenvalue weighted by atomic mass is 16.6. The molecule has 1 fully saturated rings. The molecule has 7 N–H and O–H groups in total. The molecule has 4 aliphatic heterocycles. The normalized spacial score (nSPS) is 21.6. The molecule has 428 valence electrons. The van der Waals surface area contributed by atoms with Crippen LogP contribution in [-0.2, 0) is 41.7 Å². The van der Waals surface area contributed by atoms with Gasteiger partial charge >= 0.3 is 35.8 Å². The molecule has 21 nitrogen and oxygen atoms in total. The Balaban J connectivity index is 0.000000246. The van der Waals surface area contributed by atoms with Gasteiger partial charge in [-0.05, 0) is 125 Å². The number of phenolic OH excluding ortho intramolecular Hbond substituents is 2. The molecule has 3 aromatic carbocycles. The number of hydrogen-bond acceptors (Lipinski definition) is 17. The molecule has 81 heavy (non-hydrogen) atoms. The second kappa shape index (κ2) is 22.3. The molecule has 0 bridgehead atoms. The van der Waals surface area contributed by atoms with Gasteiger partial charge in [0.25, 0.3) is 0 Å². The number of carboxylic acid groups (broad SMARTS) is 4. The maximum absolute atomic E-state index is 14.7. The van der Waals surface area contributed by atoms with Crippen molar-refractivity contribution in [3.05, 3.63) is 121 Å². The van der Waals surface area contributed by atoms with Gasteiger partial charge in [-0.1, -0.05) is 35.5 Å². The van der Waals surface area contributed by atoms with E-state index in [1.807, 2.05) is 46.8 Å². The summed E-state index contributed by atoms with van der Waals surface area (Å²) in [6.07, 6.45) is 14.4. The number of phenols is 3. The van der Waals surface area contributed by atoms with Gasteiger partial charge in [-0.25, -0.2) is 28.8 Å². The highest BCUT2D eigenvalue weighted by Gasteiger charge is 2.77. The average molecular weight is 1120 g/mol. The molecule has 4 atom stereocenters. The number of aromatic carboxylic acids is 1. The number of carboxylic acids is 4. The highest BCUT2D eigenvalue weighted by molar-refractivity contribution is 6.17. The third-order valence-electron chi connectivity index (χ3n) is 14.9. The predicted octanol–water partition coefficient (Wildman–Crippen LogP) is 9.75. The molecule has 5 aliphatic rings. The Kier molecular flexibility index (Phi) is 16.4. The number of ketones is 1. The van der Waals surface area contributed by atoms with E-state index in [2.05, 4.69) is 6.08 Å². The Morgan fingerprint density at radius 2 is 1.47 bits per heavy atom. The minimum absolute atomic E-state index is 0.0407.